The predicted molar refractivity (Wildman–Crippen MR) is 55.9 cm³/mol. The summed E-state index contributed by atoms with van der Waals surface area (Å²) in [6.45, 7) is 6.38. The summed E-state index contributed by atoms with van der Waals surface area (Å²) in [5.41, 5.74) is 0.696. The molecule has 0 aromatic heterocycles. The van der Waals surface area contributed by atoms with Gasteiger partial charge in [0.2, 0.25) is 0 Å². The van der Waals surface area contributed by atoms with Crippen LogP contribution in [-0.4, -0.2) is 49.6 Å². The molecule has 0 bridgehead atoms. The third-order valence-electron chi connectivity index (χ3n) is 3.69. The van der Waals surface area contributed by atoms with Gasteiger partial charge in [-0.3, -0.25) is 0 Å². The number of likely N-dealkylation sites (tertiary alicyclic amines) is 1. The van der Waals surface area contributed by atoms with E-state index in [1.54, 1.807) is 0 Å². The van der Waals surface area contributed by atoms with E-state index in [1.165, 1.54) is 38.9 Å². The lowest BCUT2D eigenvalue weighted by Crippen LogP contribution is -2.33. The monoisotopic (exact) mass is 182 g/mol. The Morgan fingerprint density at radius 2 is 2.08 bits per heavy atom. The highest BCUT2D eigenvalue weighted by Crippen LogP contribution is 2.45. The zero-order chi connectivity index (χ0) is 9.47. The minimum absolute atomic E-state index is 0.696. The molecule has 1 saturated carbocycles. The van der Waals surface area contributed by atoms with Gasteiger partial charge in [-0.2, -0.15) is 0 Å². The van der Waals surface area contributed by atoms with E-state index >= 15 is 0 Å². The lowest BCUT2D eigenvalue weighted by molar-refractivity contribution is 0.240. The molecule has 2 heteroatoms. The maximum absolute atomic E-state index is 2.65. The lowest BCUT2D eigenvalue weighted by atomic mass is 10.1. The van der Waals surface area contributed by atoms with E-state index in [0.717, 1.165) is 6.04 Å². The number of rotatable bonds is 3. The summed E-state index contributed by atoms with van der Waals surface area (Å²) in [6.07, 6.45) is 4.27. The predicted octanol–water partition coefficient (Wildman–Crippen LogP) is 1.42. The standard InChI is InChI=1S/C11H22N2/c1-11(5-6-11)9-13-7-4-10(8-13)12(2)3/h10H,4-9H2,1-3H3. The van der Waals surface area contributed by atoms with E-state index in [0.29, 0.717) is 5.41 Å². The second-order valence-electron chi connectivity index (χ2n) is 5.45. The van der Waals surface area contributed by atoms with Crippen LogP contribution in [0.2, 0.25) is 0 Å². The van der Waals surface area contributed by atoms with Crippen molar-refractivity contribution in [3.8, 4) is 0 Å². The van der Waals surface area contributed by atoms with Gasteiger partial charge in [0.15, 0.2) is 0 Å². The molecule has 0 spiro atoms. The highest BCUT2D eigenvalue weighted by Gasteiger charge is 2.40. The van der Waals surface area contributed by atoms with Gasteiger partial charge in [-0.25, -0.2) is 0 Å². The van der Waals surface area contributed by atoms with Gasteiger partial charge in [-0.05, 0) is 45.3 Å². The Kier molecular flexibility index (Phi) is 2.37. The molecule has 2 rings (SSSR count). The summed E-state index contributed by atoms with van der Waals surface area (Å²) in [5, 5.41) is 0. The first-order valence-electron chi connectivity index (χ1n) is 5.48. The first kappa shape index (κ1) is 9.47. The van der Waals surface area contributed by atoms with Crippen molar-refractivity contribution >= 4 is 0 Å². The van der Waals surface area contributed by atoms with Crippen molar-refractivity contribution in [1.82, 2.24) is 9.80 Å². The Morgan fingerprint density at radius 1 is 1.38 bits per heavy atom. The van der Waals surface area contributed by atoms with Gasteiger partial charge >= 0.3 is 0 Å². The van der Waals surface area contributed by atoms with Crippen LogP contribution in [0.3, 0.4) is 0 Å². The Labute approximate surface area is 81.9 Å². The average Bonchev–Trinajstić information content (AvgIpc) is 2.62. The molecule has 0 N–H and O–H groups in total. The highest BCUT2D eigenvalue weighted by atomic mass is 15.2. The molecule has 1 aliphatic carbocycles. The summed E-state index contributed by atoms with van der Waals surface area (Å²) >= 11 is 0. The second kappa shape index (κ2) is 3.25. The fourth-order valence-corrected chi connectivity index (χ4v) is 2.29. The molecule has 0 radical (unpaired) electrons. The Balaban J connectivity index is 1.78. The van der Waals surface area contributed by atoms with Gasteiger partial charge in [-0.15, -0.1) is 0 Å². The molecule has 13 heavy (non-hydrogen) atoms. The zero-order valence-electron chi connectivity index (χ0n) is 9.21. The van der Waals surface area contributed by atoms with Crippen molar-refractivity contribution in [2.45, 2.75) is 32.2 Å². The van der Waals surface area contributed by atoms with Crippen LogP contribution in [0.5, 0.6) is 0 Å². The smallest absolute Gasteiger partial charge is 0.0229 e. The summed E-state index contributed by atoms with van der Waals surface area (Å²) in [7, 11) is 4.40. The first-order chi connectivity index (χ1) is 6.09. The van der Waals surface area contributed by atoms with Crippen molar-refractivity contribution in [3.63, 3.8) is 0 Å². The summed E-state index contributed by atoms with van der Waals surface area (Å²) in [6, 6.07) is 0.808. The molecule has 1 unspecified atom stereocenters. The van der Waals surface area contributed by atoms with Crippen molar-refractivity contribution in [1.29, 1.82) is 0 Å². The normalized spacial score (nSPS) is 32.8. The van der Waals surface area contributed by atoms with Gasteiger partial charge < -0.3 is 9.80 Å². The van der Waals surface area contributed by atoms with Crippen molar-refractivity contribution in [2.75, 3.05) is 33.7 Å². The molecule has 0 amide bonds. The average molecular weight is 182 g/mol. The molecule has 0 aromatic rings. The van der Waals surface area contributed by atoms with Crippen LogP contribution >= 0.6 is 0 Å². The maximum atomic E-state index is 2.65. The van der Waals surface area contributed by atoms with E-state index in [-0.39, 0.29) is 0 Å². The van der Waals surface area contributed by atoms with E-state index in [9.17, 15) is 0 Å². The number of hydrogen-bond acceptors (Lipinski definition) is 2. The number of likely N-dealkylation sites (N-methyl/N-ethyl adjacent to an activating group) is 1. The number of nitrogens with zero attached hydrogens (tertiary/aromatic N) is 2. The van der Waals surface area contributed by atoms with Crippen LogP contribution in [0.1, 0.15) is 26.2 Å². The highest BCUT2D eigenvalue weighted by molar-refractivity contribution is 4.93. The molecular weight excluding hydrogens is 160 g/mol. The van der Waals surface area contributed by atoms with Crippen LogP contribution in [-0.2, 0) is 0 Å². The lowest BCUT2D eigenvalue weighted by Gasteiger charge is -2.22. The number of hydrogen-bond donors (Lipinski definition) is 0. The van der Waals surface area contributed by atoms with Crippen molar-refractivity contribution in [2.24, 2.45) is 5.41 Å². The minimum atomic E-state index is 0.696. The SMILES string of the molecule is CN(C)C1CCN(CC2(C)CC2)C1. The molecule has 1 aliphatic heterocycles. The maximum Gasteiger partial charge on any atom is 0.0229 e. The van der Waals surface area contributed by atoms with E-state index in [2.05, 4.69) is 30.8 Å². The third-order valence-corrected chi connectivity index (χ3v) is 3.69. The molecule has 1 saturated heterocycles. The molecule has 2 fully saturated rings. The molecule has 76 valence electrons. The van der Waals surface area contributed by atoms with Gasteiger partial charge in [0.05, 0.1) is 0 Å². The summed E-state index contributed by atoms with van der Waals surface area (Å²) in [5.74, 6) is 0. The van der Waals surface area contributed by atoms with Crippen LogP contribution in [0.4, 0.5) is 0 Å². The Bertz CT molecular complexity index is 185. The first-order valence-corrected chi connectivity index (χ1v) is 5.48. The van der Waals surface area contributed by atoms with Crippen molar-refractivity contribution in [3.05, 3.63) is 0 Å². The fraction of sp³-hybridized carbons (Fsp3) is 1.00. The quantitative estimate of drug-likeness (QED) is 0.651. The second-order valence-corrected chi connectivity index (χ2v) is 5.45. The van der Waals surface area contributed by atoms with Crippen molar-refractivity contribution < 1.29 is 0 Å². The van der Waals surface area contributed by atoms with E-state index < -0.39 is 0 Å². The molecule has 2 aliphatic rings. The Morgan fingerprint density at radius 3 is 2.54 bits per heavy atom. The van der Waals surface area contributed by atoms with Gasteiger partial charge in [0, 0.05) is 19.1 Å². The topological polar surface area (TPSA) is 6.48 Å². The van der Waals surface area contributed by atoms with Crippen LogP contribution in [0.15, 0.2) is 0 Å². The van der Waals surface area contributed by atoms with Crippen LogP contribution in [0, 0.1) is 5.41 Å². The van der Waals surface area contributed by atoms with E-state index in [1.807, 2.05) is 0 Å². The van der Waals surface area contributed by atoms with Crippen LogP contribution < -0.4 is 0 Å². The fourth-order valence-electron chi connectivity index (χ4n) is 2.29. The van der Waals surface area contributed by atoms with Gasteiger partial charge in [0.1, 0.15) is 0 Å². The summed E-state index contributed by atoms with van der Waals surface area (Å²) in [4.78, 5) is 5.02. The molecule has 2 nitrogen and oxygen atoms in total. The summed E-state index contributed by atoms with van der Waals surface area (Å²) < 4.78 is 0. The minimum Gasteiger partial charge on any atom is -0.305 e. The largest absolute Gasteiger partial charge is 0.305 e. The molecule has 0 aromatic carbocycles. The van der Waals surface area contributed by atoms with Gasteiger partial charge in [-0.1, -0.05) is 6.92 Å². The molecular formula is C11H22N2. The van der Waals surface area contributed by atoms with E-state index in [4.69, 9.17) is 0 Å². The molecule has 1 atom stereocenters. The molecule has 1 heterocycles. The zero-order valence-corrected chi connectivity index (χ0v) is 9.21. The third kappa shape index (κ3) is 2.23. The Hall–Kier alpha value is -0.0800. The van der Waals surface area contributed by atoms with Crippen LogP contribution in [0.25, 0.3) is 0 Å². The van der Waals surface area contributed by atoms with Gasteiger partial charge in [0.25, 0.3) is 0 Å².